The summed E-state index contributed by atoms with van der Waals surface area (Å²) in [5.74, 6) is -0.365. The number of allylic oxidation sites excluding steroid dienone is 1. The van der Waals surface area contributed by atoms with E-state index in [1.165, 1.54) is 21.1 Å². The minimum Gasteiger partial charge on any atom is -0.366 e. The monoisotopic (exact) mass is 388 g/mol. The number of hydrogen-bond acceptors (Lipinski definition) is 4. The Balaban J connectivity index is 1.32. The predicted octanol–water partition coefficient (Wildman–Crippen LogP) is 4.15. The van der Waals surface area contributed by atoms with E-state index in [0.29, 0.717) is 29.3 Å². The van der Waals surface area contributed by atoms with Crippen molar-refractivity contribution in [2.45, 2.75) is 22.6 Å². The summed E-state index contributed by atoms with van der Waals surface area (Å²) in [6.45, 7) is 0.410. The third kappa shape index (κ3) is 2.69. The zero-order valence-corrected chi connectivity index (χ0v) is 16.4. The van der Waals surface area contributed by atoms with Crippen molar-refractivity contribution >= 4 is 29.3 Å². The first-order chi connectivity index (χ1) is 13.6. The zero-order chi connectivity index (χ0) is 19.3. The molecule has 28 heavy (non-hydrogen) atoms. The van der Waals surface area contributed by atoms with Crippen LogP contribution in [0.3, 0.4) is 0 Å². The fourth-order valence-electron chi connectivity index (χ4n) is 4.15. The third-order valence-corrected chi connectivity index (χ3v) is 6.99. The van der Waals surface area contributed by atoms with Crippen LogP contribution in [0.4, 0.5) is 5.69 Å². The summed E-state index contributed by atoms with van der Waals surface area (Å²) in [7, 11) is 2.13. The number of benzene rings is 2. The zero-order valence-electron chi connectivity index (χ0n) is 15.5. The van der Waals surface area contributed by atoms with Crippen molar-refractivity contribution in [1.29, 1.82) is 0 Å². The van der Waals surface area contributed by atoms with Crippen LogP contribution < -0.4 is 4.90 Å². The SMILES string of the molecule is CN1c2ccccc2SC2C=CC(CCN3C(=O)c4ccccc4C3=O)=CC21. The molecule has 0 aromatic heterocycles. The molecule has 5 rings (SSSR count). The molecule has 2 aromatic rings. The Bertz CT molecular complexity index is 1010. The highest BCUT2D eigenvalue weighted by molar-refractivity contribution is 8.00. The van der Waals surface area contributed by atoms with Crippen molar-refractivity contribution in [3.63, 3.8) is 0 Å². The molecule has 0 saturated heterocycles. The van der Waals surface area contributed by atoms with E-state index in [1.54, 1.807) is 24.3 Å². The van der Waals surface area contributed by atoms with Crippen LogP contribution >= 0.6 is 11.8 Å². The quantitative estimate of drug-likeness (QED) is 0.741. The number of anilines is 1. The van der Waals surface area contributed by atoms with Gasteiger partial charge in [-0.1, -0.05) is 42.5 Å². The fourth-order valence-corrected chi connectivity index (χ4v) is 5.49. The summed E-state index contributed by atoms with van der Waals surface area (Å²) in [6, 6.07) is 15.8. The van der Waals surface area contributed by atoms with E-state index in [1.807, 2.05) is 11.8 Å². The van der Waals surface area contributed by atoms with Crippen molar-refractivity contribution in [2.24, 2.45) is 0 Å². The van der Waals surface area contributed by atoms with Crippen LogP contribution in [0.5, 0.6) is 0 Å². The van der Waals surface area contributed by atoms with E-state index in [2.05, 4.69) is 54.4 Å². The van der Waals surface area contributed by atoms with Crippen molar-refractivity contribution in [3.8, 4) is 0 Å². The second-order valence-electron chi connectivity index (χ2n) is 7.31. The molecule has 140 valence electrons. The molecule has 1 aliphatic carbocycles. The highest BCUT2D eigenvalue weighted by Crippen LogP contribution is 2.43. The van der Waals surface area contributed by atoms with Gasteiger partial charge in [-0.2, -0.15) is 0 Å². The molecule has 4 nitrogen and oxygen atoms in total. The van der Waals surface area contributed by atoms with Gasteiger partial charge in [-0.05, 0) is 36.3 Å². The van der Waals surface area contributed by atoms with Crippen molar-refractivity contribution in [1.82, 2.24) is 4.90 Å². The lowest BCUT2D eigenvalue weighted by atomic mass is 9.98. The van der Waals surface area contributed by atoms with E-state index < -0.39 is 0 Å². The number of likely N-dealkylation sites (N-methyl/N-ethyl adjacent to an activating group) is 1. The van der Waals surface area contributed by atoms with E-state index in [-0.39, 0.29) is 17.9 Å². The Morgan fingerprint density at radius 2 is 1.64 bits per heavy atom. The molecule has 2 aromatic carbocycles. The summed E-state index contributed by atoms with van der Waals surface area (Å²) in [4.78, 5) is 30.1. The maximum Gasteiger partial charge on any atom is 0.261 e. The normalized spacial score (nSPS) is 22.7. The highest BCUT2D eigenvalue weighted by atomic mass is 32.2. The summed E-state index contributed by atoms with van der Waals surface area (Å²) in [5, 5.41) is 0.378. The van der Waals surface area contributed by atoms with Crippen LogP contribution in [-0.4, -0.2) is 41.6 Å². The molecule has 5 heteroatoms. The Kier molecular flexibility index (Phi) is 4.13. The van der Waals surface area contributed by atoms with E-state index in [0.717, 1.165) is 0 Å². The van der Waals surface area contributed by atoms with Crippen LogP contribution in [0, 0.1) is 0 Å². The first kappa shape index (κ1) is 17.3. The first-order valence-corrected chi connectivity index (χ1v) is 10.3. The predicted molar refractivity (Wildman–Crippen MR) is 112 cm³/mol. The minimum absolute atomic E-state index is 0.182. The number of rotatable bonds is 3. The number of carbonyl (C=O) groups excluding carboxylic acids is 2. The van der Waals surface area contributed by atoms with Gasteiger partial charge in [-0.15, -0.1) is 11.8 Å². The van der Waals surface area contributed by atoms with Gasteiger partial charge in [-0.25, -0.2) is 0 Å². The maximum absolute atomic E-state index is 12.6. The Morgan fingerprint density at radius 3 is 2.39 bits per heavy atom. The van der Waals surface area contributed by atoms with Gasteiger partial charge < -0.3 is 4.90 Å². The first-order valence-electron chi connectivity index (χ1n) is 9.46. The molecule has 0 N–H and O–H groups in total. The van der Waals surface area contributed by atoms with Crippen LogP contribution in [0.25, 0.3) is 0 Å². The van der Waals surface area contributed by atoms with Crippen molar-refractivity contribution < 1.29 is 9.59 Å². The summed E-state index contributed by atoms with van der Waals surface area (Å²) >= 11 is 1.89. The average molecular weight is 388 g/mol. The fraction of sp³-hybridized carbons (Fsp3) is 0.217. The highest BCUT2D eigenvalue weighted by Gasteiger charge is 2.35. The Hall–Kier alpha value is -2.79. The Labute approximate surface area is 168 Å². The van der Waals surface area contributed by atoms with Gasteiger partial charge in [0.05, 0.1) is 28.1 Å². The van der Waals surface area contributed by atoms with Crippen molar-refractivity contribution in [2.75, 3.05) is 18.5 Å². The summed E-state index contributed by atoms with van der Waals surface area (Å²) in [5.41, 5.74) is 3.45. The number of nitrogens with zero attached hydrogens (tertiary/aromatic N) is 2. The lowest BCUT2D eigenvalue weighted by molar-refractivity contribution is 0.0656. The summed E-state index contributed by atoms with van der Waals surface area (Å²) < 4.78 is 0. The third-order valence-electron chi connectivity index (χ3n) is 5.68. The molecule has 2 aliphatic heterocycles. The van der Waals surface area contributed by atoms with Crippen LogP contribution in [-0.2, 0) is 0 Å². The number of hydrogen-bond donors (Lipinski definition) is 0. The lowest BCUT2D eigenvalue weighted by Crippen LogP contribution is -2.42. The van der Waals surface area contributed by atoms with Crippen molar-refractivity contribution in [3.05, 3.63) is 83.5 Å². The lowest BCUT2D eigenvalue weighted by Gasteiger charge is -2.40. The molecule has 2 amide bonds. The van der Waals surface area contributed by atoms with Gasteiger partial charge in [0.25, 0.3) is 11.8 Å². The van der Waals surface area contributed by atoms with Gasteiger partial charge in [0.2, 0.25) is 0 Å². The largest absolute Gasteiger partial charge is 0.366 e. The van der Waals surface area contributed by atoms with Crippen LogP contribution in [0.1, 0.15) is 27.1 Å². The maximum atomic E-state index is 12.6. The standard InChI is InChI=1S/C23H20N2O2S/c1-24-18-8-4-5-9-20(18)28-21-11-10-15(14-19(21)24)12-13-25-22(26)16-6-2-3-7-17(16)23(25)27/h2-11,14,19,21H,12-13H2,1H3. The molecular weight excluding hydrogens is 368 g/mol. The minimum atomic E-state index is -0.182. The molecular formula is C23H20N2O2S. The van der Waals surface area contributed by atoms with E-state index in [4.69, 9.17) is 0 Å². The smallest absolute Gasteiger partial charge is 0.261 e. The molecule has 0 radical (unpaired) electrons. The molecule has 2 unspecified atom stereocenters. The number of fused-ring (bicyclic) bond motifs is 3. The van der Waals surface area contributed by atoms with Crippen LogP contribution in [0.2, 0.25) is 0 Å². The number of para-hydroxylation sites is 1. The second kappa shape index (κ2) is 6.67. The van der Waals surface area contributed by atoms with Gasteiger partial charge in [0.1, 0.15) is 0 Å². The molecule has 2 atom stereocenters. The van der Waals surface area contributed by atoms with Crippen LogP contribution in [0.15, 0.2) is 77.2 Å². The number of amides is 2. The Morgan fingerprint density at radius 1 is 0.964 bits per heavy atom. The number of thioether (sulfide) groups is 1. The molecule has 0 saturated carbocycles. The molecule has 0 bridgehead atoms. The topological polar surface area (TPSA) is 40.6 Å². The molecule has 3 aliphatic rings. The van der Waals surface area contributed by atoms with E-state index >= 15 is 0 Å². The van der Waals surface area contributed by atoms with Gasteiger partial charge >= 0.3 is 0 Å². The number of imide groups is 1. The average Bonchev–Trinajstić information content (AvgIpc) is 2.97. The van der Waals surface area contributed by atoms with Gasteiger partial charge in [-0.3, -0.25) is 14.5 Å². The summed E-state index contributed by atoms with van der Waals surface area (Å²) in [6.07, 6.45) is 7.35. The number of carbonyl (C=O) groups is 2. The molecule has 2 heterocycles. The van der Waals surface area contributed by atoms with E-state index in [9.17, 15) is 9.59 Å². The second-order valence-corrected chi connectivity index (χ2v) is 8.53. The van der Waals surface area contributed by atoms with Gasteiger partial charge in [0, 0.05) is 18.5 Å². The molecule has 0 spiro atoms. The van der Waals surface area contributed by atoms with Gasteiger partial charge in [0.15, 0.2) is 0 Å². The molecule has 0 fully saturated rings.